The number of rotatable bonds is 4. The second kappa shape index (κ2) is 6.13. The number of ether oxygens (including phenoxy) is 1. The van der Waals surface area contributed by atoms with Gasteiger partial charge in [0.1, 0.15) is 10.8 Å². The van der Waals surface area contributed by atoms with Crippen LogP contribution in [0.1, 0.15) is 5.69 Å². The number of non-ortho nitro benzene ring substituents is 1. The lowest BCUT2D eigenvalue weighted by Crippen LogP contribution is -2.01. The molecule has 3 aromatic rings. The SMILES string of the molecule is COc1cc([N+](=O)[O-])ccc1-n1nc(CBr)c2cnc(Cl)cc21. The molecule has 23 heavy (non-hydrogen) atoms. The van der Waals surface area contributed by atoms with Gasteiger partial charge in [0.05, 0.1) is 29.3 Å². The Bertz CT molecular complexity index is 912. The van der Waals surface area contributed by atoms with Gasteiger partial charge in [0, 0.05) is 29.0 Å². The van der Waals surface area contributed by atoms with E-state index in [-0.39, 0.29) is 5.69 Å². The van der Waals surface area contributed by atoms with Gasteiger partial charge in [-0.25, -0.2) is 9.67 Å². The molecule has 0 aliphatic rings. The minimum Gasteiger partial charge on any atom is -0.494 e. The average molecular weight is 398 g/mol. The number of halogens is 2. The standard InChI is InChI=1S/C14H10BrClN4O3/c1-23-13-4-8(20(21)22)2-3-11(13)19-12-5-14(16)17-7-9(12)10(6-15)18-19/h2-5,7H,6H2,1H3. The van der Waals surface area contributed by atoms with E-state index in [1.807, 2.05) is 0 Å². The number of fused-ring (bicyclic) bond motifs is 1. The summed E-state index contributed by atoms with van der Waals surface area (Å²) in [6.45, 7) is 0. The molecule has 2 aromatic heterocycles. The van der Waals surface area contributed by atoms with Crippen molar-refractivity contribution in [1.82, 2.24) is 14.8 Å². The molecule has 0 aliphatic heterocycles. The number of benzene rings is 1. The Morgan fingerprint density at radius 1 is 1.43 bits per heavy atom. The van der Waals surface area contributed by atoms with Crippen LogP contribution in [0.2, 0.25) is 5.15 Å². The second-order valence-electron chi connectivity index (χ2n) is 4.63. The highest BCUT2D eigenvalue weighted by molar-refractivity contribution is 9.08. The van der Waals surface area contributed by atoms with Gasteiger partial charge in [-0.05, 0) is 6.07 Å². The van der Waals surface area contributed by atoms with Crippen molar-refractivity contribution in [2.24, 2.45) is 0 Å². The van der Waals surface area contributed by atoms with Gasteiger partial charge in [-0.2, -0.15) is 5.10 Å². The van der Waals surface area contributed by atoms with Gasteiger partial charge in [-0.1, -0.05) is 27.5 Å². The van der Waals surface area contributed by atoms with Gasteiger partial charge in [0.15, 0.2) is 5.75 Å². The molecule has 1 aromatic carbocycles. The zero-order valence-electron chi connectivity index (χ0n) is 11.9. The lowest BCUT2D eigenvalue weighted by molar-refractivity contribution is -0.384. The number of methoxy groups -OCH3 is 1. The molecule has 9 heteroatoms. The van der Waals surface area contributed by atoms with Crippen molar-refractivity contribution in [2.45, 2.75) is 5.33 Å². The smallest absolute Gasteiger partial charge is 0.273 e. The molecule has 2 heterocycles. The lowest BCUT2D eigenvalue weighted by atomic mass is 10.2. The summed E-state index contributed by atoms with van der Waals surface area (Å²) in [4.78, 5) is 14.5. The predicted octanol–water partition coefficient (Wildman–Crippen LogP) is 3.89. The van der Waals surface area contributed by atoms with Gasteiger partial charge < -0.3 is 4.74 Å². The summed E-state index contributed by atoms with van der Waals surface area (Å²) in [5, 5.41) is 17.2. The fourth-order valence-electron chi connectivity index (χ4n) is 2.28. The number of nitro groups is 1. The van der Waals surface area contributed by atoms with E-state index in [1.165, 1.54) is 19.2 Å². The largest absolute Gasteiger partial charge is 0.494 e. The van der Waals surface area contributed by atoms with Crippen molar-refractivity contribution >= 4 is 44.1 Å². The van der Waals surface area contributed by atoms with E-state index >= 15 is 0 Å². The van der Waals surface area contributed by atoms with E-state index in [0.29, 0.717) is 21.9 Å². The molecule has 0 amide bonds. The monoisotopic (exact) mass is 396 g/mol. The number of nitrogens with zero attached hydrogens (tertiary/aromatic N) is 4. The third-order valence-corrected chi connectivity index (χ3v) is 4.08. The first-order valence-corrected chi connectivity index (χ1v) is 7.97. The quantitative estimate of drug-likeness (QED) is 0.289. The Kier molecular flexibility index (Phi) is 4.18. The van der Waals surface area contributed by atoms with Crippen LogP contribution < -0.4 is 4.74 Å². The third-order valence-electron chi connectivity index (χ3n) is 3.34. The van der Waals surface area contributed by atoms with Crippen LogP contribution in [0.15, 0.2) is 30.5 Å². The van der Waals surface area contributed by atoms with Crippen molar-refractivity contribution in [2.75, 3.05) is 7.11 Å². The number of aromatic nitrogens is 3. The van der Waals surface area contributed by atoms with E-state index in [9.17, 15) is 10.1 Å². The Morgan fingerprint density at radius 3 is 2.87 bits per heavy atom. The maximum Gasteiger partial charge on any atom is 0.273 e. The number of hydrogen-bond donors (Lipinski definition) is 0. The highest BCUT2D eigenvalue weighted by Gasteiger charge is 2.18. The minimum absolute atomic E-state index is 0.0533. The van der Waals surface area contributed by atoms with Gasteiger partial charge in [-0.3, -0.25) is 10.1 Å². The molecule has 0 radical (unpaired) electrons. The van der Waals surface area contributed by atoms with Crippen LogP contribution >= 0.6 is 27.5 Å². The van der Waals surface area contributed by atoms with Crippen molar-refractivity contribution in [1.29, 1.82) is 0 Å². The molecule has 0 fully saturated rings. The van der Waals surface area contributed by atoms with Gasteiger partial charge in [0.25, 0.3) is 5.69 Å². The molecule has 118 valence electrons. The van der Waals surface area contributed by atoms with Crippen LogP contribution in [0, 0.1) is 10.1 Å². The van der Waals surface area contributed by atoms with Gasteiger partial charge in [-0.15, -0.1) is 0 Å². The maximum atomic E-state index is 10.9. The molecule has 0 unspecified atom stereocenters. The summed E-state index contributed by atoms with van der Waals surface area (Å²) in [6, 6.07) is 6.05. The zero-order chi connectivity index (χ0) is 16.6. The van der Waals surface area contributed by atoms with Crippen LogP contribution in [-0.4, -0.2) is 26.8 Å². The van der Waals surface area contributed by atoms with E-state index < -0.39 is 4.92 Å². The van der Waals surface area contributed by atoms with Gasteiger partial charge >= 0.3 is 0 Å². The Hall–Kier alpha value is -2.19. The summed E-state index contributed by atoms with van der Waals surface area (Å²) >= 11 is 9.38. The third kappa shape index (κ3) is 2.75. The Morgan fingerprint density at radius 2 is 2.22 bits per heavy atom. The number of nitro benzene ring substituents is 1. The van der Waals surface area contributed by atoms with Crippen LogP contribution in [0.3, 0.4) is 0 Å². The number of alkyl halides is 1. The molecule has 0 bridgehead atoms. The van der Waals surface area contributed by atoms with Crippen LogP contribution in [0.5, 0.6) is 5.75 Å². The van der Waals surface area contributed by atoms with E-state index in [0.717, 1.165) is 16.6 Å². The second-order valence-corrected chi connectivity index (χ2v) is 5.58. The first-order valence-electron chi connectivity index (χ1n) is 6.47. The minimum atomic E-state index is -0.474. The molecule has 7 nitrogen and oxygen atoms in total. The van der Waals surface area contributed by atoms with Crippen LogP contribution in [0.25, 0.3) is 16.6 Å². The summed E-state index contributed by atoms with van der Waals surface area (Å²) in [7, 11) is 1.45. The van der Waals surface area contributed by atoms with E-state index in [1.54, 1.807) is 23.0 Å². The average Bonchev–Trinajstić information content (AvgIpc) is 2.91. The highest BCUT2D eigenvalue weighted by atomic mass is 79.9. The van der Waals surface area contributed by atoms with Crippen molar-refractivity contribution in [3.63, 3.8) is 0 Å². The van der Waals surface area contributed by atoms with Crippen LogP contribution in [-0.2, 0) is 5.33 Å². The van der Waals surface area contributed by atoms with Crippen molar-refractivity contribution in [3.8, 4) is 11.4 Å². The van der Waals surface area contributed by atoms with Crippen LogP contribution in [0.4, 0.5) is 5.69 Å². The molecule has 3 rings (SSSR count). The summed E-state index contributed by atoms with van der Waals surface area (Å²) < 4.78 is 6.93. The molecule has 0 saturated carbocycles. The van der Waals surface area contributed by atoms with Crippen molar-refractivity contribution < 1.29 is 9.66 Å². The predicted molar refractivity (Wildman–Crippen MR) is 89.7 cm³/mol. The van der Waals surface area contributed by atoms with Gasteiger partial charge in [0.2, 0.25) is 0 Å². The van der Waals surface area contributed by atoms with E-state index in [4.69, 9.17) is 16.3 Å². The molecule has 0 spiro atoms. The zero-order valence-corrected chi connectivity index (χ0v) is 14.2. The highest BCUT2D eigenvalue weighted by Crippen LogP contribution is 2.32. The normalized spacial score (nSPS) is 10.9. The molecule has 0 aliphatic carbocycles. The molecule has 0 saturated heterocycles. The summed E-state index contributed by atoms with van der Waals surface area (Å²) in [6.07, 6.45) is 1.65. The number of hydrogen-bond acceptors (Lipinski definition) is 5. The molecule has 0 N–H and O–H groups in total. The van der Waals surface area contributed by atoms with E-state index in [2.05, 4.69) is 26.0 Å². The summed E-state index contributed by atoms with van der Waals surface area (Å²) in [5.74, 6) is 0.345. The maximum absolute atomic E-state index is 10.9. The molecular formula is C14H10BrClN4O3. The summed E-state index contributed by atoms with van der Waals surface area (Å²) in [5.41, 5.74) is 2.05. The fourth-order valence-corrected chi connectivity index (χ4v) is 2.85. The Balaban J connectivity index is 2.28. The first-order chi connectivity index (χ1) is 11.0. The first kappa shape index (κ1) is 15.7. The lowest BCUT2D eigenvalue weighted by Gasteiger charge is -2.09. The fraction of sp³-hybridized carbons (Fsp3) is 0.143. The topological polar surface area (TPSA) is 83.1 Å². The Labute approximate surface area is 144 Å². The molecular weight excluding hydrogens is 388 g/mol. The molecule has 0 atom stereocenters. The number of pyridine rings is 1. The van der Waals surface area contributed by atoms with Crippen molar-refractivity contribution in [3.05, 3.63) is 51.4 Å².